The number of halogens is 1. The fraction of sp³-hybridized carbons (Fsp3) is 0.320. The van der Waals surface area contributed by atoms with Gasteiger partial charge in [-0.25, -0.2) is 14.4 Å². The zero-order chi connectivity index (χ0) is 24.1. The summed E-state index contributed by atoms with van der Waals surface area (Å²) in [6, 6.07) is 11.4. The SMILES string of the molecule is CSCC[C@H](NC(=O)OCc1ccccc1)C(=O)Oc1cc2oc(=O)c3c(c2cc1Cl)CCC3. The summed E-state index contributed by atoms with van der Waals surface area (Å²) in [7, 11) is 0. The minimum Gasteiger partial charge on any atom is -0.445 e. The number of hydrogen-bond donors (Lipinski definition) is 1. The van der Waals surface area contributed by atoms with E-state index in [1.165, 1.54) is 17.8 Å². The van der Waals surface area contributed by atoms with Crippen molar-refractivity contribution >= 4 is 46.4 Å². The zero-order valence-electron chi connectivity index (χ0n) is 18.6. The number of hydrogen-bond acceptors (Lipinski definition) is 7. The Morgan fingerprint density at radius 1 is 1.18 bits per heavy atom. The van der Waals surface area contributed by atoms with E-state index in [1.54, 1.807) is 6.07 Å². The molecular weight excluding hydrogens is 478 g/mol. The number of amides is 1. The van der Waals surface area contributed by atoms with Crippen molar-refractivity contribution in [1.82, 2.24) is 5.32 Å². The number of nitrogens with one attached hydrogen (secondary N) is 1. The highest BCUT2D eigenvalue weighted by Gasteiger charge is 2.26. The van der Waals surface area contributed by atoms with E-state index in [2.05, 4.69) is 5.32 Å². The molecule has 1 aliphatic carbocycles. The Morgan fingerprint density at radius 2 is 1.94 bits per heavy atom. The molecule has 0 spiro atoms. The predicted octanol–water partition coefficient (Wildman–Crippen LogP) is 4.89. The normalized spacial score (nSPS) is 13.4. The fourth-order valence-corrected chi connectivity index (χ4v) is 4.61. The Bertz CT molecular complexity index is 1260. The molecule has 1 N–H and O–H groups in total. The minimum absolute atomic E-state index is 0.0638. The minimum atomic E-state index is -0.936. The van der Waals surface area contributed by atoms with Crippen molar-refractivity contribution < 1.29 is 23.5 Å². The molecule has 7 nitrogen and oxygen atoms in total. The van der Waals surface area contributed by atoms with Gasteiger partial charge >= 0.3 is 17.7 Å². The highest BCUT2D eigenvalue weighted by atomic mass is 35.5. The molecule has 3 aromatic rings. The molecule has 1 amide bonds. The maximum Gasteiger partial charge on any atom is 0.408 e. The van der Waals surface area contributed by atoms with Gasteiger partial charge in [0.05, 0.1) is 5.02 Å². The number of rotatable bonds is 8. The molecule has 1 aliphatic rings. The zero-order valence-corrected chi connectivity index (χ0v) is 20.2. The van der Waals surface area contributed by atoms with Gasteiger partial charge in [0.2, 0.25) is 0 Å². The molecule has 0 unspecified atom stereocenters. The van der Waals surface area contributed by atoms with Crippen LogP contribution in [0.5, 0.6) is 5.75 Å². The van der Waals surface area contributed by atoms with Gasteiger partial charge in [-0.05, 0) is 54.9 Å². The number of carbonyl (C=O) groups excluding carboxylic acids is 2. The molecule has 0 bridgehead atoms. The summed E-state index contributed by atoms with van der Waals surface area (Å²) < 4.78 is 16.2. The van der Waals surface area contributed by atoms with Crippen molar-refractivity contribution in [3.8, 4) is 5.75 Å². The van der Waals surface area contributed by atoms with Crippen LogP contribution in [0.2, 0.25) is 5.02 Å². The van der Waals surface area contributed by atoms with Gasteiger partial charge in [0, 0.05) is 17.0 Å². The molecule has 0 fully saturated rings. The van der Waals surface area contributed by atoms with Gasteiger partial charge < -0.3 is 19.2 Å². The van der Waals surface area contributed by atoms with Crippen LogP contribution in [0.4, 0.5) is 4.79 Å². The van der Waals surface area contributed by atoms with Crippen molar-refractivity contribution in [2.45, 2.75) is 38.3 Å². The molecule has 1 heterocycles. The average Bonchev–Trinajstić information content (AvgIpc) is 3.33. The van der Waals surface area contributed by atoms with Crippen LogP contribution in [-0.4, -0.2) is 30.1 Å². The molecular formula is C25H24ClNO6S. The lowest BCUT2D eigenvalue weighted by molar-refractivity contribution is -0.136. The number of esters is 1. The first-order valence-electron chi connectivity index (χ1n) is 10.9. The number of fused-ring (bicyclic) bond motifs is 3. The average molecular weight is 502 g/mol. The molecule has 9 heteroatoms. The summed E-state index contributed by atoms with van der Waals surface area (Å²) >= 11 is 7.94. The van der Waals surface area contributed by atoms with Gasteiger partial charge in [0.15, 0.2) is 5.75 Å². The molecule has 4 rings (SSSR count). The Kier molecular flexibility index (Phi) is 7.80. The summed E-state index contributed by atoms with van der Waals surface area (Å²) in [5.41, 5.74) is 2.39. The molecule has 0 saturated heterocycles. The van der Waals surface area contributed by atoms with Crippen LogP contribution in [0.15, 0.2) is 51.7 Å². The Balaban J connectivity index is 1.48. The smallest absolute Gasteiger partial charge is 0.408 e. The first-order valence-corrected chi connectivity index (χ1v) is 12.7. The van der Waals surface area contributed by atoms with E-state index in [0.717, 1.165) is 29.4 Å². The van der Waals surface area contributed by atoms with Crippen LogP contribution in [0.3, 0.4) is 0 Å². The van der Waals surface area contributed by atoms with E-state index in [0.29, 0.717) is 29.7 Å². The topological polar surface area (TPSA) is 94.8 Å². The lowest BCUT2D eigenvalue weighted by atomic mass is 10.1. The van der Waals surface area contributed by atoms with Crippen LogP contribution < -0.4 is 15.7 Å². The van der Waals surface area contributed by atoms with Crippen LogP contribution in [0.25, 0.3) is 11.0 Å². The fourth-order valence-electron chi connectivity index (χ4n) is 3.93. The van der Waals surface area contributed by atoms with Gasteiger partial charge in [-0.2, -0.15) is 11.8 Å². The van der Waals surface area contributed by atoms with Crippen molar-refractivity contribution in [3.05, 3.63) is 74.6 Å². The molecule has 2 aromatic carbocycles. The first-order chi connectivity index (χ1) is 16.5. The van der Waals surface area contributed by atoms with Gasteiger partial charge in [0.1, 0.15) is 18.2 Å². The largest absolute Gasteiger partial charge is 0.445 e. The summed E-state index contributed by atoms with van der Waals surface area (Å²) in [5, 5.41) is 3.55. The van der Waals surface area contributed by atoms with Gasteiger partial charge in [-0.1, -0.05) is 41.9 Å². The van der Waals surface area contributed by atoms with Crippen molar-refractivity contribution in [2.24, 2.45) is 0 Å². The lowest BCUT2D eigenvalue weighted by Crippen LogP contribution is -2.43. The predicted molar refractivity (Wildman–Crippen MR) is 132 cm³/mol. The number of aryl methyl sites for hydroxylation is 1. The molecule has 34 heavy (non-hydrogen) atoms. The molecule has 0 saturated carbocycles. The van der Waals surface area contributed by atoms with Gasteiger partial charge in [0.25, 0.3) is 0 Å². The second-order valence-electron chi connectivity index (χ2n) is 7.94. The van der Waals surface area contributed by atoms with E-state index in [4.69, 9.17) is 25.5 Å². The van der Waals surface area contributed by atoms with Crippen molar-refractivity contribution in [3.63, 3.8) is 0 Å². The summed E-state index contributed by atoms with van der Waals surface area (Å²) in [6.07, 6.45) is 3.86. The molecule has 1 atom stereocenters. The van der Waals surface area contributed by atoms with Crippen LogP contribution in [0, 0.1) is 0 Å². The third kappa shape index (κ3) is 5.56. The standard InChI is InChI=1S/C25H24ClNO6S/c1-34-11-10-20(27-25(30)31-14-15-6-3-2-4-7-15)24(29)33-22-13-21-18(12-19(22)26)16-8-5-9-17(16)23(28)32-21/h2-4,6-7,12-13,20H,5,8-11,14H2,1H3,(H,27,30)/t20-/m0/s1. The van der Waals surface area contributed by atoms with E-state index in [9.17, 15) is 14.4 Å². The first kappa shape index (κ1) is 24.2. The van der Waals surface area contributed by atoms with E-state index in [1.807, 2.05) is 36.6 Å². The quantitative estimate of drug-likeness (QED) is 0.267. The van der Waals surface area contributed by atoms with Crippen molar-refractivity contribution in [2.75, 3.05) is 12.0 Å². The Morgan fingerprint density at radius 3 is 2.71 bits per heavy atom. The number of benzene rings is 2. The Hall–Kier alpha value is -2.97. The number of carbonyl (C=O) groups is 2. The van der Waals surface area contributed by atoms with Crippen LogP contribution >= 0.6 is 23.4 Å². The molecule has 178 valence electrons. The highest BCUT2D eigenvalue weighted by molar-refractivity contribution is 7.98. The number of thioether (sulfide) groups is 1. The van der Waals surface area contributed by atoms with Gasteiger partial charge in [-0.3, -0.25) is 0 Å². The molecule has 0 aliphatic heterocycles. The molecule has 1 aromatic heterocycles. The third-order valence-electron chi connectivity index (χ3n) is 5.64. The monoisotopic (exact) mass is 501 g/mol. The Labute approximate surface area is 205 Å². The maximum absolute atomic E-state index is 12.9. The van der Waals surface area contributed by atoms with Crippen molar-refractivity contribution in [1.29, 1.82) is 0 Å². The summed E-state index contributed by atoms with van der Waals surface area (Å²) in [6.45, 7) is 0.0802. The second-order valence-corrected chi connectivity index (χ2v) is 9.33. The van der Waals surface area contributed by atoms with Crippen LogP contribution in [-0.2, 0) is 29.0 Å². The third-order valence-corrected chi connectivity index (χ3v) is 6.58. The number of alkyl carbamates (subject to hydrolysis) is 1. The van der Waals surface area contributed by atoms with E-state index >= 15 is 0 Å². The lowest BCUT2D eigenvalue weighted by Gasteiger charge is -2.18. The highest BCUT2D eigenvalue weighted by Crippen LogP contribution is 2.35. The van der Waals surface area contributed by atoms with Gasteiger partial charge in [-0.15, -0.1) is 0 Å². The van der Waals surface area contributed by atoms with Crippen LogP contribution in [0.1, 0.15) is 29.5 Å². The second kappa shape index (κ2) is 11.0. The van der Waals surface area contributed by atoms with E-state index < -0.39 is 18.1 Å². The maximum atomic E-state index is 12.9. The summed E-state index contributed by atoms with van der Waals surface area (Å²) in [4.78, 5) is 37.5. The summed E-state index contributed by atoms with van der Waals surface area (Å²) in [5.74, 6) is -0.00472. The van der Waals surface area contributed by atoms with E-state index in [-0.39, 0.29) is 23.0 Å². The molecule has 0 radical (unpaired) electrons. The number of ether oxygens (including phenoxy) is 2.